The lowest BCUT2D eigenvalue weighted by atomic mass is 9.93. The van der Waals surface area contributed by atoms with Gasteiger partial charge in [-0.2, -0.15) is 0 Å². The summed E-state index contributed by atoms with van der Waals surface area (Å²) in [4.78, 5) is 0. The number of nitrogens with two attached hydrogens (primary N) is 1. The van der Waals surface area contributed by atoms with E-state index < -0.39 is 0 Å². The van der Waals surface area contributed by atoms with Crippen LogP contribution in [0.2, 0.25) is 0 Å². The standard InChI is InChI=1S/C7H10BN/c1-5-2-3-7(9)6(8)4-5/h2-4H,8-9H2,1H3. The van der Waals surface area contributed by atoms with Gasteiger partial charge in [-0.15, -0.1) is 0 Å². The summed E-state index contributed by atoms with van der Waals surface area (Å²) in [6.45, 7) is 2.06. The van der Waals surface area contributed by atoms with Gasteiger partial charge in [0.15, 0.2) is 0 Å². The fourth-order valence-electron chi connectivity index (χ4n) is 0.826. The van der Waals surface area contributed by atoms with Gasteiger partial charge in [0.2, 0.25) is 0 Å². The summed E-state index contributed by atoms with van der Waals surface area (Å²) in [6.07, 6.45) is 0. The molecule has 0 unspecified atom stereocenters. The van der Waals surface area contributed by atoms with Crippen molar-refractivity contribution in [1.82, 2.24) is 0 Å². The first-order valence-electron chi connectivity index (χ1n) is 3.03. The maximum absolute atomic E-state index is 5.59. The number of hydrogen-bond donors (Lipinski definition) is 1. The number of anilines is 1. The minimum atomic E-state index is 0.876. The molecule has 0 aromatic heterocycles. The molecule has 0 fully saturated rings. The van der Waals surface area contributed by atoms with Crippen molar-refractivity contribution in [3.63, 3.8) is 0 Å². The van der Waals surface area contributed by atoms with Crippen LogP contribution in [0, 0.1) is 6.92 Å². The topological polar surface area (TPSA) is 26.0 Å². The van der Waals surface area contributed by atoms with Crippen LogP contribution in [0.15, 0.2) is 18.2 Å². The highest BCUT2D eigenvalue weighted by atomic mass is 14.5. The Labute approximate surface area is 56.3 Å². The highest BCUT2D eigenvalue weighted by Crippen LogP contribution is 1.98. The van der Waals surface area contributed by atoms with Crippen LogP contribution in [0.5, 0.6) is 0 Å². The van der Waals surface area contributed by atoms with Crippen molar-refractivity contribution in [3.05, 3.63) is 23.8 Å². The lowest BCUT2D eigenvalue weighted by Crippen LogP contribution is -2.08. The molecular weight excluding hydrogens is 109 g/mol. The zero-order valence-corrected chi connectivity index (χ0v) is 5.81. The monoisotopic (exact) mass is 119 g/mol. The molecule has 0 saturated carbocycles. The maximum atomic E-state index is 5.59. The quantitative estimate of drug-likeness (QED) is 0.372. The van der Waals surface area contributed by atoms with Crippen molar-refractivity contribution < 1.29 is 0 Å². The molecular formula is C7H10BN. The highest BCUT2D eigenvalue weighted by Gasteiger charge is 1.89. The number of hydrogen-bond acceptors (Lipinski definition) is 1. The van der Waals surface area contributed by atoms with E-state index in [4.69, 9.17) is 5.73 Å². The van der Waals surface area contributed by atoms with E-state index in [1.807, 2.05) is 20.0 Å². The predicted octanol–water partition coefficient (Wildman–Crippen LogP) is -0.164. The molecule has 2 heteroatoms. The molecule has 0 aliphatic carbocycles. The van der Waals surface area contributed by atoms with E-state index in [-0.39, 0.29) is 0 Å². The van der Waals surface area contributed by atoms with Gasteiger partial charge < -0.3 is 5.73 Å². The average molecular weight is 119 g/mol. The lowest BCUT2D eigenvalue weighted by Gasteiger charge is -1.98. The van der Waals surface area contributed by atoms with E-state index in [0.717, 1.165) is 11.2 Å². The molecule has 0 saturated heterocycles. The summed E-state index contributed by atoms with van der Waals surface area (Å²) in [5.74, 6) is 0. The zero-order chi connectivity index (χ0) is 6.85. The number of benzene rings is 1. The van der Waals surface area contributed by atoms with Gasteiger partial charge in [-0.05, 0) is 13.0 Å². The van der Waals surface area contributed by atoms with E-state index in [1.165, 1.54) is 5.56 Å². The van der Waals surface area contributed by atoms with Gasteiger partial charge >= 0.3 is 0 Å². The summed E-state index contributed by atoms with van der Waals surface area (Å²) in [6, 6.07) is 6.03. The van der Waals surface area contributed by atoms with Crippen molar-refractivity contribution >= 4 is 19.0 Å². The Morgan fingerprint density at radius 3 is 2.56 bits per heavy atom. The Kier molecular flexibility index (Phi) is 1.47. The molecule has 0 aliphatic heterocycles. The van der Waals surface area contributed by atoms with E-state index in [9.17, 15) is 0 Å². The fourth-order valence-corrected chi connectivity index (χ4v) is 0.826. The third-order valence-corrected chi connectivity index (χ3v) is 1.43. The molecule has 1 aromatic carbocycles. The second kappa shape index (κ2) is 2.13. The van der Waals surface area contributed by atoms with Crippen LogP contribution < -0.4 is 11.2 Å². The minimum absolute atomic E-state index is 0.876. The first-order valence-corrected chi connectivity index (χ1v) is 3.03. The van der Waals surface area contributed by atoms with E-state index in [1.54, 1.807) is 0 Å². The van der Waals surface area contributed by atoms with Crippen molar-refractivity contribution in [1.29, 1.82) is 0 Å². The smallest absolute Gasteiger partial charge is 0.142 e. The predicted molar refractivity (Wildman–Crippen MR) is 43.8 cm³/mol. The summed E-state index contributed by atoms with van der Waals surface area (Å²) in [5.41, 5.74) is 8.89. The molecule has 0 heterocycles. The summed E-state index contributed by atoms with van der Waals surface area (Å²) in [5, 5.41) is 0. The van der Waals surface area contributed by atoms with Crippen LogP contribution in [0.4, 0.5) is 5.69 Å². The molecule has 1 rings (SSSR count). The molecule has 0 bridgehead atoms. The molecule has 0 atom stereocenters. The van der Waals surface area contributed by atoms with Gasteiger partial charge in [0.1, 0.15) is 7.85 Å². The fraction of sp³-hybridized carbons (Fsp3) is 0.143. The van der Waals surface area contributed by atoms with Crippen molar-refractivity contribution in [2.24, 2.45) is 0 Å². The Hall–Kier alpha value is -0.915. The largest absolute Gasteiger partial charge is 0.399 e. The molecule has 0 radical (unpaired) electrons. The Morgan fingerprint density at radius 1 is 1.44 bits per heavy atom. The van der Waals surface area contributed by atoms with Crippen LogP contribution in [0.1, 0.15) is 5.56 Å². The Balaban J connectivity index is 3.17. The first-order chi connectivity index (χ1) is 4.20. The minimum Gasteiger partial charge on any atom is -0.399 e. The number of nitrogen functional groups attached to an aromatic ring is 1. The molecule has 1 nitrogen and oxygen atoms in total. The molecule has 0 spiro atoms. The first kappa shape index (κ1) is 6.21. The Bertz CT molecular complexity index is 220. The second-order valence-electron chi connectivity index (χ2n) is 2.36. The third kappa shape index (κ3) is 1.25. The molecule has 1 aromatic rings. The number of rotatable bonds is 0. The molecule has 0 aliphatic rings. The van der Waals surface area contributed by atoms with Crippen molar-refractivity contribution in [3.8, 4) is 0 Å². The molecule has 46 valence electrons. The highest BCUT2D eigenvalue weighted by molar-refractivity contribution is 6.35. The summed E-state index contributed by atoms with van der Waals surface area (Å²) in [7, 11) is 2.02. The summed E-state index contributed by atoms with van der Waals surface area (Å²) >= 11 is 0. The van der Waals surface area contributed by atoms with E-state index in [0.29, 0.717) is 0 Å². The number of aryl methyl sites for hydroxylation is 1. The van der Waals surface area contributed by atoms with E-state index in [2.05, 4.69) is 13.0 Å². The van der Waals surface area contributed by atoms with Gasteiger partial charge in [0, 0.05) is 5.69 Å². The van der Waals surface area contributed by atoms with Crippen LogP contribution in [-0.4, -0.2) is 7.85 Å². The lowest BCUT2D eigenvalue weighted by molar-refractivity contribution is 1.49. The van der Waals surface area contributed by atoms with Crippen LogP contribution >= 0.6 is 0 Å². The Morgan fingerprint density at radius 2 is 2.11 bits per heavy atom. The van der Waals surface area contributed by atoms with Crippen molar-refractivity contribution in [2.45, 2.75) is 6.92 Å². The van der Waals surface area contributed by atoms with Crippen LogP contribution in [-0.2, 0) is 0 Å². The zero-order valence-electron chi connectivity index (χ0n) is 5.81. The van der Waals surface area contributed by atoms with E-state index >= 15 is 0 Å². The molecule has 2 N–H and O–H groups in total. The van der Waals surface area contributed by atoms with Gasteiger partial charge in [-0.25, -0.2) is 0 Å². The van der Waals surface area contributed by atoms with Crippen LogP contribution in [0.3, 0.4) is 0 Å². The van der Waals surface area contributed by atoms with Gasteiger partial charge in [-0.1, -0.05) is 23.2 Å². The SMILES string of the molecule is Bc1cc(C)ccc1N. The summed E-state index contributed by atoms with van der Waals surface area (Å²) < 4.78 is 0. The van der Waals surface area contributed by atoms with Crippen molar-refractivity contribution in [2.75, 3.05) is 5.73 Å². The van der Waals surface area contributed by atoms with Gasteiger partial charge in [0.05, 0.1) is 0 Å². The maximum Gasteiger partial charge on any atom is 0.142 e. The second-order valence-corrected chi connectivity index (χ2v) is 2.36. The third-order valence-electron chi connectivity index (χ3n) is 1.43. The average Bonchev–Trinajstić information content (AvgIpc) is 1.80. The normalized spacial score (nSPS) is 9.44. The van der Waals surface area contributed by atoms with Crippen LogP contribution in [0.25, 0.3) is 0 Å². The van der Waals surface area contributed by atoms with Gasteiger partial charge in [0.25, 0.3) is 0 Å². The molecule has 9 heavy (non-hydrogen) atoms. The molecule has 0 amide bonds. The van der Waals surface area contributed by atoms with Gasteiger partial charge in [-0.3, -0.25) is 0 Å².